The van der Waals surface area contributed by atoms with Gasteiger partial charge in [-0.25, -0.2) is 4.79 Å². The second-order valence-corrected chi connectivity index (χ2v) is 11.3. The average Bonchev–Trinajstić information content (AvgIpc) is 2.60. The minimum absolute atomic E-state index is 0.0439. The van der Waals surface area contributed by atoms with Gasteiger partial charge < -0.3 is 20.3 Å². The number of urea groups is 1. The molecule has 2 unspecified atom stereocenters. The van der Waals surface area contributed by atoms with Gasteiger partial charge in [-0.1, -0.05) is 60.8 Å². The lowest BCUT2D eigenvalue weighted by Gasteiger charge is -2.42. The molecule has 1 aliphatic heterocycles. The Hall–Kier alpha value is -1.59. The first-order valence-electron chi connectivity index (χ1n) is 11.2. The van der Waals surface area contributed by atoms with Crippen molar-refractivity contribution < 1.29 is 14.4 Å². The van der Waals surface area contributed by atoms with E-state index < -0.39 is 6.04 Å². The minimum Gasteiger partial charge on any atom is -0.341 e. The van der Waals surface area contributed by atoms with Crippen molar-refractivity contribution in [3.8, 4) is 0 Å². The van der Waals surface area contributed by atoms with Crippen LogP contribution in [0.1, 0.15) is 86.5 Å². The quantitative estimate of drug-likeness (QED) is 0.656. The van der Waals surface area contributed by atoms with Crippen LogP contribution >= 0.6 is 0 Å². The zero-order valence-corrected chi connectivity index (χ0v) is 19.3. The Morgan fingerprint density at radius 3 is 2.24 bits per heavy atom. The highest BCUT2D eigenvalue weighted by Crippen LogP contribution is 2.38. The Morgan fingerprint density at radius 2 is 1.72 bits per heavy atom. The summed E-state index contributed by atoms with van der Waals surface area (Å²) >= 11 is 0. The van der Waals surface area contributed by atoms with Crippen molar-refractivity contribution in [1.29, 1.82) is 0 Å². The van der Waals surface area contributed by atoms with E-state index in [1.54, 1.807) is 0 Å². The number of carbonyl (C=O) groups is 3. The molecule has 166 valence electrons. The molecule has 2 aliphatic rings. The first kappa shape index (κ1) is 23.7. The van der Waals surface area contributed by atoms with Gasteiger partial charge >= 0.3 is 6.03 Å². The van der Waals surface area contributed by atoms with Crippen LogP contribution in [0.15, 0.2) is 0 Å². The number of hydrogen-bond acceptors (Lipinski definition) is 3. The lowest BCUT2D eigenvalue weighted by molar-refractivity contribution is -0.137. The molecule has 0 aromatic rings. The fraction of sp³-hybridized carbons (Fsp3) is 0.870. The van der Waals surface area contributed by atoms with Gasteiger partial charge in [-0.2, -0.15) is 0 Å². The Morgan fingerprint density at radius 1 is 1.10 bits per heavy atom. The van der Waals surface area contributed by atoms with E-state index in [2.05, 4.69) is 52.2 Å². The summed E-state index contributed by atoms with van der Waals surface area (Å²) in [6.45, 7) is 13.8. The van der Waals surface area contributed by atoms with Gasteiger partial charge in [0, 0.05) is 19.5 Å². The summed E-state index contributed by atoms with van der Waals surface area (Å²) < 4.78 is 0. The van der Waals surface area contributed by atoms with Crippen molar-refractivity contribution in [2.24, 2.45) is 16.2 Å². The number of hydrogen-bond donors (Lipinski definition) is 2. The lowest BCUT2D eigenvalue weighted by atomic mass is 9.71. The van der Waals surface area contributed by atoms with Crippen molar-refractivity contribution in [2.45, 2.75) is 98.6 Å². The van der Waals surface area contributed by atoms with Crippen molar-refractivity contribution >= 4 is 18.2 Å². The summed E-state index contributed by atoms with van der Waals surface area (Å²) in [6.07, 6.45) is 7.70. The summed E-state index contributed by atoms with van der Waals surface area (Å²) in [5, 5.41) is 5.98. The van der Waals surface area contributed by atoms with Crippen molar-refractivity contribution in [3.05, 3.63) is 0 Å². The molecule has 0 spiro atoms. The second kappa shape index (κ2) is 9.05. The zero-order valence-electron chi connectivity index (χ0n) is 19.3. The van der Waals surface area contributed by atoms with Crippen LogP contribution in [-0.2, 0) is 9.59 Å². The second-order valence-electron chi connectivity index (χ2n) is 11.3. The third kappa shape index (κ3) is 6.45. The molecule has 0 bridgehead atoms. The fourth-order valence-electron chi connectivity index (χ4n) is 4.51. The van der Waals surface area contributed by atoms with Crippen LogP contribution in [0.2, 0.25) is 0 Å². The molecule has 1 saturated carbocycles. The monoisotopic (exact) mass is 407 g/mol. The number of nitrogens with zero attached hydrogens (tertiary/aromatic N) is 1. The smallest absolute Gasteiger partial charge is 0.315 e. The molecule has 2 atom stereocenters. The summed E-state index contributed by atoms with van der Waals surface area (Å²) in [7, 11) is 0. The van der Waals surface area contributed by atoms with E-state index in [0.717, 1.165) is 44.9 Å². The van der Waals surface area contributed by atoms with Gasteiger partial charge in [-0.15, -0.1) is 0 Å². The van der Waals surface area contributed by atoms with Crippen LogP contribution < -0.4 is 10.6 Å². The summed E-state index contributed by atoms with van der Waals surface area (Å²) in [5.74, 6) is 0.151. The Labute approximate surface area is 176 Å². The largest absolute Gasteiger partial charge is 0.341 e. The van der Waals surface area contributed by atoms with Crippen LogP contribution in [-0.4, -0.2) is 48.3 Å². The average molecular weight is 408 g/mol. The van der Waals surface area contributed by atoms with Crippen molar-refractivity contribution in [2.75, 3.05) is 13.1 Å². The zero-order chi connectivity index (χ0) is 21.9. The SMILES string of the molecule is CC1(C)CCN(CC(NC(=O)NC(C=O)C2(C)CCCCC2)C(C)(C)C)C(=O)C1. The van der Waals surface area contributed by atoms with Crippen LogP contribution in [0.3, 0.4) is 0 Å². The molecule has 2 rings (SSSR count). The Bertz CT molecular complexity index is 603. The van der Waals surface area contributed by atoms with Gasteiger partial charge in [0.2, 0.25) is 5.91 Å². The van der Waals surface area contributed by atoms with Crippen LogP contribution in [0, 0.1) is 16.2 Å². The molecule has 1 heterocycles. The van der Waals surface area contributed by atoms with E-state index in [0.29, 0.717) is 13.0 Å². The van der Waals surface area contributed by atoms with Crippen LogP contribution in [0.4, 0.5) is 4.79 Å². The molecule has 1 aliphatic carbocycles. The number of nitrogens with one attached hydrogen (secondary N) is 2. The summed E-state index contributed by atoms with van der Waals surface area (Å²) in [4.78, 5) is 39.0. The Kier molecular flexibility index (Phi) is 7.39. The minimum atomic E-state index is -0.485. The lowest BCUT2D eigenvalue weighted by Crippen LogP contribution is -2.58. The van der Waals surface area contributed by atoms with E-state index >= 15 is 0 Å². The van der Waals surface area contributed by atoms with Crippen LogP contribution in [0.5, 0.6) is 0 Å². The molecule has 0 aromatic carbocycles. The molecule has 0 aromatic heterocycles. The number of aldehydes is 1. The van der Waals surface area contributed by atoms with E-state index in [4.69, 9.17) is 0 Å². The molecule has 6 heteroatoms. The standard InChI is InChI=1S/C23H41N3O3/c1-21(2,3)17(15-26-13-12-22(4,5)14-19(26)28)24-20(29)25-18(16-27)23(6)10-8-7-9-11-23/h16-18H,7-15H2,1-6H3,(H2,24,25,29). The molecule has 1 saturated heterocycles. The molecule has 0 radical (unpaired) electrons. The summed E-state index contributed by atoms with van der Waals surface area (Å²) in [5.41, 5.74) is -0.346. The summed E-state index contributed by atoms with van der Waals surface area (Å²) in [6, 6.07) is -1.00. The molecule has 6 nitrogen and oxygen atoms in total. The predicted molar refractivity (Wildman–Crippen MR) is 116 cm³/mol. The fourth-order valence-corrected chi connectivity index (χ4v) is 4.51. The predicted octanol–water partition coefficient (Wildman–Crippen LogP) is 3.89. The van der Waals surface area contributed by atoms with Gasteiger partial charge in [0.1, 0.15) is 6.29 Å². The highest BCUT2D eigenvalue weighted by atomic mass is 16.2. The highest BCUT2D eigenvalue weighted by Gasteiger charge is 2.38. The Balaban J connectivity index is 2.01. The van der Waals surface area contributed by atoms with Crippen molar-refractivity contribution in [3.63, 3.8) is 0 Å². The van der Waals surface area contributed by atoms with E-state index in [1.165, 1.54) is 6.42 Å². The maximum Gasteiger partial charge on any atom is 0.315 e. The topological polar surface area (TPSA) is 78.5 Å². The van der Waals surface area contributed by atoms with Gasteiger partial charge in [-0.05, 0) is 35.5 Å². The molecular weight excluding hydrogens is 366 g/mol. The number of likely N-dealkylation sites (tertiary alicyclic amines) is 1. The maximum atomic E-state index is 12.8. The molecular formula is C23H41N3O3. The van der Waals surface area contributed by atoms with E-state index in [-0.39, 0.29) is 34.2 Å². The number of carbonyl (C=O) groups excluding carboxylic acids is 3. The van der Waals surface area contributed by atoms with Gasteiger partial charge in [0.25, 0.3) is 0 Å². The first-order chi connectivity index (χ1) is 13.4. The third-order valence-corrected chi connectivity index (χ3v) is 6.96. The molecule has 3 amide bonds. The molecule has 29 heavy (non-hydrogen) atoms. The third-order valence-electron chi connectivity index (χ3n) is 6.96. The van der Waals surface area contributed by atoms with Crippen LogP contribution in [0.25, 0.3) is 0 Å². The van der Waals surface area contributed by atoms with Crippen molar-refractivity contribution in [1.82, 2.24) is 15.5 Å². The first-order valence-corrected chi connectivity index (χ1v) is 11.2. The molecule has 2 N–H and O–H groups in total. The van der Waals surface area contributed by atoms with Gasteiger partial charge in [0.05, 0.1) is 12.1 Å². The normalized spacial score (nSPS) is 23.8. The van der Waals surface area contributed by atoms with E-state index in [9.17, 15) is 14.4 Å². The molecule has 2 fully saturated rings. The van der Waals surface area contributed by atoms with Gasteiger partial charge in [-0.3, -0.25) is 4.79 Å². The maximum absolute atomic E-state index is 12.8. The number of amides is 3. The number of piperidine rings is 1. The van der Waals surface area contributed by atoms with Gasteiger partial charge in [0.15, 0.2) is 0 Å². The highest BCUT2D eigenvalue weighted by molar-refractivity contribution is 5.79. The number of rotatable bonds is 6. The van der Waals surface area contributed by atoms with E-state index in [1.807, 2.05) is 4.90 Å².